The van der Waals surface area contributed by atoms with Gasteiger partial charge in [-0.3, -0.25) is 9.59 Å². The number of anilines is 1. The molecule has 7 heteroatoms. The summed E-state index contributed by atoms with van der Waals surface area (Å²) >= 11 is 5.91. The molecule has 3 aromatic rings. The monoisotopic (exact) mass is 415 g/mol. The summed E-state index contributed by atoms with van der Waals surface area (Å²) in [6.07, 6.45) is 1.72. The van der Waals surface area contributed by atoms with Crippen molar-refractivity contribution in [3.05, 3.63) is 63.5 Å². The summed E-state index contributed by atoms with van der Waals surface area (Å²) in [7, 11) is 0. The van der Waals surface area contributed by atoms with E-state index in [1.807, 2.05) is 13.8 Å². The van der Waals surface area contributed by atoms with E-state index in [0.717, 1.165) is 18.9 Å². The van der Waals surface area contributed by atoms with Gasteiger partial charge in [0.15, 0.2) is 22.7 Å². The fraction of sp³-hybridized carbons (Fsp3) is 0.273. The van der Waals surface area contributed by atoms with Crippen LogP contribution < -0.4 is 20.2 Å². The van der Waals surface area contributed by atoms with Crippen molar-refractivity contribution in [3.63, 3.8) is 0 Å². The zero-order chi connectivity index (χ0) is 20.8. The average Bonchev–Trinajstić information content (AvgIpc) is 2.71. The van der Waals surface area contributed by atoms with Crippen LogP contribution in [0.5, 0.6) is 11.5 Å². The molecule has 0 fully saturated rings. The normalized spacial score (nSPS) is 10.7. The van der Waals surface area contributed by atoms with Gasteiger partial charge in [0.05, 0.1) is 18.6 Å². The third kappa shape index (κ3) is 5.09. The van der Waals surface area contributed by atoms with Crippen molar-refractivity contribution in [2.45, 2.75) is 26.7 Å². The van der Waals surface area contributed by atoms with Crippen LogP contribution in [-0.2, 0) is 0 Å². The number of hydrogen-bond donors (Lipinski definition) is 1. The second-order valence-corrected chi connectivity index (χ2v) is 6.86. The number of benzene rings is 2. The Morgan fingerprint density at radius 1 is 1.00 bits per heavy atom. The second-order valence-electron chi connectivity index (χ2n) is 6.43. The van der Waals surface area contributed by atoms with Crippen LogP contribution in [0.4, 0.5) is 5.69 Å². The molecule has 1 N–H and O–H groups in total. The van der Waals surface area contributed by atoms with Gasteiger partial charge in [-0.05, 0) is 43.2 Å². The van der Waals surface area contributed by atoms with E-state index < -0.39 is 5.91 Å². The molecule has 0 atom stereocenters. The lowest BCUT2D eigenvalue weighted by molar-refractivity contribution is 0.0997. The minimum absolute atomic E-state index is 0.0906. The number of halogens is 1. The zero-order valence-electron chi connectivity index (χ0n) is 16.3. The Morgan fingerprint density at radius 2 is 1.72 bits per heavy atom. The van der Waals surface area contributed by atoms with Gasteiger partial charge in [-0.1, -0.05) is 25.4 Å². The summed E-state index contributed by atoms with van der Waals surface area (Å²) < 4.78 is 17.0. The highest BCUT2D eigenvalue weighted by Gasteiger charge is 2.15. The standard InChI is InChI=1S/C22H22ClNO5/c1-3-9-27-19-8-6-15(12-20(19)28-10-4-2)24-22(26)21-13-17(25)16-11-14(23)5-7-18(16)29-21/h5-8,11-13H,3-4,9-10H2,1-2H3,(H,24,26). The third-order valence-electron chi connectivity index (χ3n) is 4.04. The molecule has 6 nitrogen and oxygen atoms in total. The van der Waals surface area contributed by atoms with Crippen molar-refractivity contribution in [2.75, 3.05) is 18.5 Å². The van der Waals surface area contributed by atoms with Crippen LogP contribution in [0.2, 0.25) is 5.02 Å². The number of amides is 1. The van der Waals surface area contributed by atoms with Gasteiger partial charge in [-0.15, -0.1) is 0 Å². The van der Waals surface area contributed by atoms with Crippen molar-refractivity contribution in [3.8, 4) is 11.5 Å². The number of rotatable bonds is 8. The van der Waals surface area contributed by atoms with Crippen molar-refractivity contribution in [2.24, 2.45) is 0 Å². The van der Waals surface area contributed by atoms with Gasteiger partial charge >= 0.3 is 0 Å². The van der Waals surface area contributed by atoms with E-state index in [1.54, 1.807) is 30.3 Å². The number of hydrogen-bond acceptors (Lipinski definition) is 5. The topological polar surface area (TPSA) is 77.8 Å². The maximum absolute atomic E-state index is 12.6. The van der Waals surface area contributed by atoms with E-state index in [1.165, 1.54) is 6.07 Å². The minimum atomic E-state index is -0.539. The summed E-state index contributed by atoms with van der Waals surface area (Å²) in [5.41, 5.74) is 0.459. The van der Waals surface area contributed by atoms with Gasteiger partial charge in [0, 0.05) is 22.8 Å². The molecule has 0 radical (unpaired) electrons. The van der Waals surface area contributed by atoms with Crippen LogP contribution in [0.15, 0.2) is 51.7 Å². The Hall–Kier alpha value is -2.99. The predicted molar refractivity (Wildman–Crippen MR) is 113 cm³/mol. The van der Waals surface area contributed by atoms with Gasteiger partial charge in [0.2, 0.25) is 0 Å². The van der Waals surface area contributed by atoms with Crippen LogP contribution in [0.1, 0.15) is 37.2 Å². The highest BCUT2D eigenvalue weighted by molar-refractivity contribution is 6.31. The number of carbonyl (C=O) groups excluding carboxylic acids is 1. The first-order valence-corrected chi connectivity index (χ1v) is 9.84. The summed E-state index contributed by atoms with van der Waals surface area (Å²) in [5, 5.41) is 3.47. The van der Waals surface area contributed by atoms with Gasteiger partial charge in [-0.2, -0.15) is 0 Å². The van der Waals surface area contributed by atoms with Crippen LogP contribution >= 0.6 is 11.6 Å². The second kappa shape index (κ2) is 9.47. The average molecular weight is 416 g/mol. The number of fused-ring (bicyclic) bond motifs is 1. The van der Waals surface area contributed by atoms with Gasteiger partial charge in [0.1, 0.15) is 5.58 Å². The largest absolute Gasteiger partial charge is 0.490 e. The summed E-state index contributed by atoms with van der Waals surface area (Å²) in [6, 6.07) is 11.0. The SMILES string of the molecule is CCCOc1ccc(NC(=O)c2cc(=O)c3cc(Cl)ccc3o2)cc1OCCC. The molecule has 0 aliphatic rings. The van der Waals surface area contributed by atoms with E-state index in [9.17, 15) is 9.59 Å². The molecule has 2 aromatic carbocycles. The lowest BCUT2D eigenvalue weighted by Crippen LogP contribution is -2.15. The lowest BCUT2D eigenvalue weighted by Gasteiger charge is -2.14. The molecule has 3 rings (SSSR count). The Kier molecular flexibility index (Phi) is 6.77. The fourth-order valence-corrected chi connectivity index (χ4v) is 2.85. The highest BCUT2D eigenvalue weighted by Crippen LogP contribution is 2.31. The summed E-state index contributed by atoms with van der Waals surface area (Å²) in [5.74, 6) is 0.537. The van der Waals surface area contributed by atoms with Gasteiger partial charge < -0.3 is 19.2 Å². The number of nitrogens with one attached hydrogen (secondary N) is 1. The molecule has 29 heavy (non-hydrogen) atoms. The Bertz CT molecular complexity index is 1080. The molecule has 0 saturated heterocycles. The maximum atomic E-state index is 12.6. The maximum Gasteiger partial charge on any atom is 0.291 e. The highest BCUT2D eigenvalue weighted by atomic mass is 35.5. The van der Waals surface area contributed by atoms with Crippen LogP contribution in [0, 0.1) is 0 Å². The van der Waals surface area contributed by atoms with Crippen LogP contribution in [0.25, 0.3) is 11.0 Å². The molecular weight excluding hydrogens is 394 g/mol. The molecule has 152 valence electrons. The molecule has 0 bridgehead atoms. The van der Waals surface area contributed by atoms with E-state index in [0.29, 0.717) is 46.4 Å². The van der Waals surface area contributed by atoms with E-state index in [2.05, 4.69) is 5.32 Å². The minimum Gasteiger partial charge on any atom is -0.490 e. The Morgan fingerprint density at radius 3 is 2.45 bits per heavy atom. The molecule has 0 aliphatic carbocycles. The van der Waals surface area contributed by atoms with Crippen molar-refractivity contribution in [1.29, 1.82) is 0 Å². The molecule has 1 amide bonds. The van der Waals surface area contributed by atoms with E-state index in [4.69, 9.17) is 25.5 Å². The molecule has 0 aliphatic heterocycles. The smallest absolute Gasteiger partial charge is 0.291 e. The quantitative estimate of drug-likeness (QED) is 0.541. The van der Waals surface area contributed by atoms with Crippen LogP contribution in [-0.4, -0.2) is 19.1 Å². The first kappa shape index (κ1) is 20.7. The van der Waals surface area contributed by atoms with Crippen molar-refractivity contribution in [1.82, 2.24) is 0 Å². The van der Waals surface area contributed by atoms with E-state index >= 15 is 0 Å². The number of ether oxygens (including phenoxy) is 2. The Labute approximate surface area is 173 Å². The molecule has 1 heterocycles. The molecule has 1 aromatic heterocycles. The summed E-state index contributed by atoms with van der Waals surface area (Å²) in [4.78, 5) is 24.9. The van der Waals surface area contributed by atoms with Gasteiger partial charge in [-0.25, -0.2) is 0 Å². The Balaban J connectivity index is 1.85. The van der Waals surface area contributed by atoms with E-state index in [-0.39, 0.29) is 11.2 Å². The predicted octanol–water partition coefficient (Wildman–Crippen LogP) is 5.28. The molecule has 0 spiro atoms. The van der Waals surface area contributed by atoms with Crippen molar-refractivity contribution < 1.29 is 18.7 Å². The first-order chi connectivity index (χ1) is 14.0. The zero-order valence-corrected chi connectivity index (χ0v) is 17.0. The lowest BCUT2D eigenvalue weighted by atomic mass is 10.2. The van der Waals surface area contributed by atoms with Crippen molar-refractivity contribution >= 4 is 34.2 Å². The summed E-state index contributed by atoms with van der Waals surface area (Å²) in [6.45, 7) is 5.13. The van der Waals surface area contributed by atoms with Crippen LogP contribution in [0.3, 0.4) is 0 Å². The first-order valence-electron chi connectivity index (χ1n) is 9.46. The van der Waals surface area contributed by atoms with Gasteiger partial charge in [0.25, 0.3) is 5.91 Å². The molecular formula is C22H22ClNO5. The number of carbonyl (C=O) groups is 1. The third-order valence-corrected chi connectivity index (χ3v) is 4.27. The molecule has 0 saturated carbocycles. The molecule has 0 unspecified atom stereocenters. The fourth-order valence-electron chi connectivity index (χ4n) is 2.67.